The molecule has 0 N–H and O–H groups in total. The molecule has 3 heterocycles. The van der Waals surface area contributed by atoms with Gasteiger partial charge in [-0.05, 0) is 53.8 Å². The fourth-order valence-electron chi connectivity index (χ4n) is 6.00. The molecule has 43 heavy (non-hydrogen) atoms. The van der Waals surface area contributed by atoms with Gasteiger partial charge in [0.2, 0.25) is 11.8 Å². The maximum atomic E-state index is 6.13. The average Bonchev–Trinajstić information content (AvgIpc) is 3.41. The van der Waals surface area contributed by atoms with E-state index in [0.717, 1.165) is 45.3 Å². The summed E-state index contributed by atoms with van der Waals surface area (Å²) >= 11 is 0. The molecule has 0 spiro atoms. The fourth-order valence-corrected chi connectivity index (χ4v) is 6.00. The van der Waals surface area contributed by atoms with Crippen molar-refractivity contribution >= 4 is 17.1 Å². The number of fused-ring (bicyclic) bond motifs is 2. The number of pyridine rings is 1. The first-order valence-corrected chi connectivity index (χ1v) is 14.1. The van der Waals surface area contributed by atoms with Crippen LogP contribution in [0.4, 0.5) is 17.1 Å². The molecule has 0 atom stereocenters. The first-order chi connectivity index (χ1) is 20.4. The number of nitrogens with zero attached hydrogens (tertiary/aromatic N) is 4. The van der Waals surface area contributed by atoms with Crippen molar-refractivity contribution in [2.24, 2.45) is 0 Å². The Morgan fingerprint density at radius 2 is 1.53 bits per heavy atom. The van der Waals surface area contributed by atoms with Crippen LogP contribution >= 0.6 is 0 Å². The molecule has 6 heteroatoms. The van der Waals surface area contributed by atoms with Gasteiger partial charge in [-0.2, -0.15) is 24.3 Å². The maximum absolute atomic E-state index is 6.13. The van der Waals surface area contributed by atoms with E-state index in [1.807, 2.05) is 42.6 Å². The van der Waals surface area contributed by atoms with E-state index in [-0.39, 0.29) is 26.5 Å². The van der Waals surface area contributed by atoms with E-state index in [1.165, 1.54) is 11.1 Å². The molecule has 7 rings (SSSR count). The number of hydrogen-bond donors (Lipinski definition) is 0. The number of rotatable bonds is 5. The summed E-state index contributed by atoms with van der Waals surface area (Å²) in [5.74, 6) is 1.71. The number of benzene rings is 4. The van der Waals surface area contributed by atoms with Gasteiger partial charge in [-0.15, -0.1) is 29.8 Å². The van der Waals surface area contributed by atoms with E-state index >= 15 is 0 Å². The number of para-hydroxylation sites is 3. The molecule has 214 valence electrons. The average molecular weight is 742 g/mol. The zero-order valence-electron chi connectivity index (χ0n) is 24.4. The predicted molar refractivity (Wildman–Crippen MR) is 167 cm³/mol. The van der Waals surface area contributed by atoms with Crippen LogP contribution in [0.1, 0.15) is 36.1 Å². The van der Waals surface area contributed by atoms with Gasteiger partial charge >= 0.3 is 21.1 Å². The van der Waals surface area contributed by atoms with E-state index in [9.17, 15) is 0 Å². The maximum Gasteiger partial charge on any atom is 2.00 e. The van der Waals surface area contributed by atoms with Crippen molar-refractivity contribution in [2.75, 3.05) is 4.90 Å². The van der Waals surface area contributed by atoms with Gasteiger partial charge in [-0.1, -0.05) is 67.6 Å². The molecule has 6 aromatic rings. The minimum atomic E-state index is -0.221. The SMILES string of the molecule is Cc1cccc(C)c1-n1cc(Oc2ccccn2)nc1-c1[c-]c2c(cc1)C(C)(C)c1ccccc1N2c1[c-]cccc1.[Pt+2]. The van der Waals surface area contributed by atoms with Crippen LogP contribution in [0.15, 0.2) is 109 Å². The van der Waals surface area contributed by atoms with Crippen molar-refractivity contribution < 1.29 is 25.8 Å². The fraction of sp³-hybridized carbons (Fsp3) is 0.135. The topological polar surface area (TPSA) is 43.2 Å². The Morgan fingerprint density at radius 1 is 0.767 bits per heavy atom. The normalized spacial score (nSPS) is 13.1. The van der Waals surface area contributed by atoms with Crippen LogP contribution in [0.25, 0.3) is 17.1 Å². The number of imidazole rings is 1. The van der Waals surface area contributed by atoms with Gasteiger partial charge in [0, 0.05) is 23.6 Å². The summed E-state index contributed by atoms with van der Waals surface area (Å²) in [6, 6.07) is 40.2. The molecule has 0 fully saturated rings. The van der Waals surface area contributed by atoms with Crippen LogP contribution in [0, 0.1) is 26.0 Å². The Hall–Kier alpha value is -4.47. The first kappa shape index (κ1) is 28.6. The second-order valence-corrected chi connectivity index (χ2v) is 11.1. The van der Waals surface area contributed by atoms with Gasteiger partial charge in [-0.25, -0.2) is 9.97 Å². The van der Waals surface area contributed by atoms with Crippen LogP contribution in [0.3, 0.4) is 0 Å². The molecule has 1 aliphatic rings. The third kappa shape index (κ3) is 4.98. The minimum absolute atomic E-state index is 0. The van der Waals surface area contributed by atoms with E-state index in [0.29, 0.717) is 11.8 Å². The molecule has 2 aromatic heterocycles. The van der Waals surface area contributed by atoms with Gasteiger partial charge in [0.15, 0.2) is 0 Å². The molecule has 0 aliphatic carbocycles. The summed E-state index contributed by atoms with van der Waals surface area (Å²) in [7, 11) is 0. The van der Waals surface area contributed by atoms with Gasteiger partial charge in [-0.3, -0.25) is 0 Å². The zero-order valence-corrected chi connectivity index (χ0v) is 26.7. The van der Waals surface area contributed by atoms with E-state index in [1.54, 1.807) is 6.20 Å². The standard InChI is InChI=1S/C37H30N4O.Pt/c1-25-13-12-14-26(2)35(25)40-24-34(42-33-19-10-11-22-38-33)39-36(40)27-20-21-30-32(23-27)41(28-15-6-5-7-16-28)31-18-9-8-17-29(31)37(30,3)4;/h5-15,17-22,24H,1-4H3;/q-2;+2. The number of anilines is 3. The molecule has 0 unspecified atom stereocenters. The van der Waals surface area contributed by atoms with Gasteiger partial charge in [0.25, 0.3) is 0 Å². The Bertz CT molecular complexity index is 1890. The van der Waals surface area contributed by atoms with Crippen molar-refractivity contribution in [2.45, 2.75) is 33.1 Å². The molecule has 1 aliphatic heterocycles. The Labute approximate surface area is 267 Å². The molecule has 0 radical (unpaired) electrons. The molecular weight excluding hydrogens is 712 g/mol. The molecule has 0 saturated carbocycles. The van der Waals surface area contributed by atoms with Crippen LogP contribution in [-0.4, -0.2) is 14.5 Å². The third-order valence-corrected chi connectivity index (χ3v) is 8.03. The van der Waals surface area contributed by atoms with Gasteiger partial charge < -0.3 is 14.2 Å². The van der Waals surface area contributed by atoms with E-state index in [2.05, 4.69) is 115 Å². The number of aromatic nitrogens is 3. The Balaban J connectivity index is 0.00000329. The Morgan fingerprint density at radius 3 is 2.28 bits per heavy atom. The smallest absolute Gasteiger partial charge is 0.420 e. The summed E-state index contributed by atoms with van der Waals surface area (Å²) in [5.41, 5.74) is 9.54. The Kier molecular flexibility index (Phi) is 7.54. The second kappa shape index (κ2) is 11.3. The van der Waals surface area contributed by atoms with E-state index < -0.39 is 0 Å². The summed E-state index contributed by atoms with van der Waals surface area (Å²) < 4.78 is 8.25. The van der Waals surface area contributed by atoms with Crippen molar-refractivity contribution in [3.63, 3.8) is 0 Å². The third-order valence-electron chi connectivity index (χ3n) is 8.03. The van der Waals surface area contributed by atoms with Crippen LogP contribution in [-0.2, 0) is 26.5 Å². The molecular formula is C37H30N4OPt. The van der Waals surface area contributed by atoms with Crippen LogP contribution < -0.4 is 9.64 Å². The molecule has 4 aromatic carbocycles. The van der Waals surface area contributed by atoms with Gasteiger partial charge in [0.05, 0.1) is 12.0 Å². The van der Waals surface area contributed by atoms with Crippen molar-refractivity contribution in [1.82, 2.24) is 14.5 Å². The number of aryl methyl sites for hydroxylation is 2. The molecule has 0 saturated heterocycles. The summed E-state index contributed by atoms with van der Waals surface area (Å²) in [6.07, 6.45) is 3.65. The van der Waals surface area contributed by atoms with E-state index in [4.69, 9.17) is 9.72 Å². The molecule has 0 amide bonds. The molecule has 5 nitrogen and oxygen atoms in total. The number of hydrogen-bond acceptors (Lipinski definition) is 4. The zero-order chi connectivity index (χ0) is 28.8. The second-order valence-electron chi connectivity index (χ2n) is 11.1. The van der Waals surface area contributed by atoms with Crippen LogP contribution in [0.2, 0.25) is 0 Å². The largest absolute Gasteiger partial charge is 2.00 e. The monoisotopic (exact) mass is 741 g/mol. The summed E-state index contributed by atoms with van der Waals surface area (Å²) in [5, 5.41) is 0. The van der Waals surface area contributed by atoms with Crippen molar-refractivity contribution in [3.05, 3.63) is 144 Å². The summed E-state index contributed by atoms with van der Waals surface area (Å²) in [4.78, 5) is 11.6. The summed E-state index contributed by atoms with van der Waals surface area (Å²) in [6.45, 7) is 8.80. The van der Waals surface area contributed by atoms with Crippen LogP contribution in [0.5, 0.6) is 11.8 Å². The van der Waals surface area contributed by atoms with Gasteiger partial charge in [0.1, 0.15) is 0 Å². The predicted octanol–water partition coefficient (Wildman–Crippen LogP) is 9.05. The van der Waals surface area contributed by atoms with Crippen molar-refractivity contribution in [3.8, 4) is 28.8 Å². The van der Waals surface area contributed by atoms with Crippen molar-refractivity contribution in [1.29, 1.82) is 0 Å². The number of ether oxygens (including phenoxy) is 1. The first-order valence-electron chi connectivity index (χ1n) is 14.1. The quantitative estimate of drug-likeness (QED) is 0.166. The molecule has 0 bridgehead atoms. The minimum Gasteiger partial charge on any atom is -0.420 e.